The van der Waals surface area contributed by atoms with Crippen LogP contribution in [-0.2, 0) is 4.79 Å². The van der Waals surface area contributed by atoms with E-state index in [2.05, 4.69) is 10.3 Å². The van der Waals surface area contributed by atoms with Gasteiger partial charge in [-0.3, -0.25) is 4.79 Å². The highest BCUT2D eigenvalue weighted by atomic mass is 16.6. The van der Waals surface area contributed by atoms with Crippen molar-refractivity contribution in [3.63, 3.8) is 0 Å². The van der Waals surface area contributed by atoms with Gasteiger partial charge >= 0.3 is 5.82 Å². The summed E-state index contributed by atoms with van der Waals surface area (Å²) < 4.78 is 5.19. The first-order valence-corrected chi connectivity index (χ1v) is 6.68. The van der Waals surface area contributed by atoms with Crippen molar-refractivity contribution in [2.75, 3.05) is 6.61 Å². The number of carbonyl (C=O) groups excluding carboxylic acids is 1. The Labute approximate surface area is 116 Å². The third-order valence-corrected chi connectivity index (χ3v) is 3.25. The van der Waals surface area contributed by atoms with Crippen molar-refractivity contribution in [1.82, 2.24) is 10.3 Å². The smallest absolute Gasteiger partial charge is 0.406 e. The Hall–Kier alpha value is -2.18. The van der Waals surface area contributed by atoms with Crippen LogP contribution in [0.1, 0.15) is 32.1 Å². The molecule has 1 aliphatic carbocycles. The number of hydrogen-bond donors (Lipinski definition) is 1. The van der Waals surface area contributed by atoms with Crippen LogP contribution in [0, 0.1) is 10.1 Å². The summed E-state index contributed by atoms with van der Waals surface area (Å²) >= 11 is 0. The summed E-state index contributed by atoms with van der Waals surface area (Å²) in [5, 5.41) is 13.6. The number of rotatable bonds is 5. The van der Waals surface area contributed by atoms with Gasteiger partial charge in [0, 0.05) is 6.04 Å². The Balaban J connectivity index is 1.85. The fraction of sp³-hybridized carbons (Fsp3) is 0.538. The van der Waals surface area contributed by atoms with Crippen LogP contribution in [0.5, 0.6) is 5.75 Å². The number of hydrogen-bond acceptors (Lipinski definition) is 5. The molecule has 0 atom stereocenters. The van der Waals surface area contributed by atoms with Crippen molar-refractivity contribution < 1.29 is 14.5 Å². The first kappa shape index (κ1) is 14.2. The first-order valence-electron chi connectivity index (χ1n) is 6.68. The maximum Gasteiger partial charge on any atom is 0.406 e. The SMILES string of the molecule is O=C(COc1cccnc1[N+](=O)[O-])NC1CCCCC1. The minimum atomic E-state index is -0.631. The molecular weight excluding hydrogens is 262 g/mol. The van der Waals surface area contributed by atoms with E-state index in [0.29, 0.717) is 0 Å². The highest BCUT2D eigenvalue weighted by Gasteiger charge is 2.19. The monoisotopic (exact) mass is 279 g/mol. The molecule has 108 valence electrons. The molecule has 1 fully saturated rings. The average Bonchev–Trinajstić information content (AvgIpc) is 2.46. The molecular formula is C13H17N3O4. The van der Waals surface area contributed by atoms with E-state index in [1.54, 1.807) is 0 Å². The molecule has 1 aromatic rings. The third kappa shape index (κ3) is 3.91. The van der Waals surface area contributed by atoms with Crippen LogP contribution in [0.2, 0.25) is 0 Å². The number of amides is 1. The summed E-state index contributed by atoms with van der Waals surface area (Å²) in [6.07, 6.45) is 6.75. The summed E-state index contributed by atoms with van der Waals surface area (Å²) in [5.74, 6) is -0.621. The molecule has 0 spiro atoms. The molecule has 0 unspecified atom stereocenters. The molecule has 0 saturated heterocycles. The Morgan fingerprint density at radius 1 is 1.45 bits per heavy atom. The van der Waals surface area contributed by atoms with Gasteiger partial charge in [0.05, 0.1) is 0 Å². The Morgan fingerprint density at radius 2 is 2.20 bits per heavy atom. The lowest BCUT2D eigenvalue weighted by atomic mass is 9.95. The Bertz CT molecular complexity index is 486. The van der Waals surface area contributed by atoms with Crippen LogP contribution in [-0.4, -0.2) is 28.5 Å². The molecule has 2 rings (SSSR count). The third-order valence-electron chi connectivity index (χ3n) is 3.25. The minimum Gasteiger partial charge on any atom is -0.476 e. The topological polar surface area (TPSA) is 94.4 Å². The molecule has 7 heteroatoms. The zero-order chi connectivity index (χ0) is 14.4. The van der Waals surface area contributed by atoms with E-state index in [9.17, 15) is 14.9 Å². The molecule has 1 saturated carbocycles. The number of nitrogens with zero attached hydrogens (tertiary/aromatic N) is 2. The zero-order valence-electron chi connectivity index (χ0n) is 11.1. The van der Waals surface area contributed by atoms with E-state index in [1.165, 1.54) is 24.8 Å². The van der Waals surface area contributed by atoms with Crippen molar-refractivity contribution in [2.45, 2.75) is 38.1 Å². The van der Waals surface area contributed by atoms with Crippen molar-refractivity contribution in [2.24, 2.45) is 0 Å². The molecule has 1 aliphatic rings. The highest BCUT2D eigenvalue weighted by molar-refractivity contribution is 5.77. The van der Waals surface area contributed by atoms with Crippen molar-refractivity contribution in [3.05, 3.63) is 28.4 Å². The lowest BCUT2D eigenvalue weighted by Crippen LogP contribution is -2.39. The normalized spacial score (nSPS) is 15.6. The highest BCUT2D eigenvalue weighted by Crippen LogP contribution is 2.22. The fourth-order valence-electron chi connectivity index (χ4n) is 2.29. The molecule has 1 aromatic heterocycles. The van der Waals surface area contributed by atoms with E-state index in [-0.39, 0.29) is 30.1 Å². The lowest BCUT2D eigenvalue weighted by molar-refractivity contribution is -0.390. The van der Waals surface area contributed by atoms with Gasteiger partial charge in [-0.05, 0) is 34.9 Å². The van der Waals surface area contributed by atoms with Gasteiger partial charge in [-0.15, -0.1) is 0 Å². The molecule has 1 amide bonds. The molecule has 20 heavy (non-hydrogen) atoms. The second-order valence-electron chi connectivity index (χ2n) is 4.77. The van der Waals surface area contributed by atoms with Crippen molar-refractivity contribution in [1.29, 1.82) is 0 Å². The predicted molar refractivity (Wildman–Crippen MR) is 71.4 cm³/mol. The van der Waals surface area contributed by atoms with Crippen LogP contribution in [0.15, 0.2) is 18.3 Å². The summed E-state index contributed by atoms with van der Waals surface area (Å²) in [6.45, 7) is -0.233. The lowest BCUT2D eigenvalue weighted by Gasteiger charge is -2.22. The van der Waals surface area contributed by atoms with Gasteiger partial charge in [0.25, 0.3) is 5.91 Å². The maximum absolute atomic E-state index is 11.7. The van der Waals surface area contributed by atoms with Crippen LogP contribution in [0.25, 0.3) is 0 Å². The number of ether oxygens (including phenoxy) is 1. The predicted octanol–water partition coefficient (Wildman–Crippen LogP) is 1.82. The summed E-state index contributed by atoms with van der Waals surface area (Å²) in [6, 6.07) is 3.16. The van der Waals surface area contributed by atoms with Crippen LogP contribution in [0.4, 0.5) is 5.82 Å². The van der Waals surface area contributed by atoms with E-state index in [0.717, 1.165) is 25.7 Å². The van der Waals surface area contributed by atoms with Gasteiger partial charge in [0.15, 0.2) is 6.61 Å². The second-order valence-corrected chi connectivity index (χ2v) is 4.77. The Kier molecular flexibility index (Phi) is 4.86. The molecule has 0 bridgehead atoms. The van der Waals surface area contributed by atoms with E-state index in [4.69, 9.17) is 4.74 Å². The van der Waals surface area contributed by atoms with Gasteiger partial charge in [0.1, 0.15) is 6.20 Å². The summed E-state index contributed by atoms with van der Waals surface area (Å²) in [7, 11) is 0. The standard InChI is InChI=1S/C13H17N3O4/c17-12(15-10-5-2-1-3-6-10)9-20-11-7-4-8-14-13(11)16(18)19/h4,7-8,10H,1-3,5-6,9H2,(H,15,17). The van der Waals surface area contributed by atoms with E-state index < -0.39 is 4.92 Å². The van der Waals surface area contributed by atoms with E-state index >= 15 is 0 Å². The van der Waals surface area contributed by atoms with Gasteiger partial charge < -0.3 is 20.2 Å². The number of aromatic nitrogens is 1. The van der Waals surface area contributed by atoms with Crippen LogP contribution >= 0.6 is 0 Å². The molecule has 0 aliphatic heterocycles. The van der Waals surface area contributed by atoms with Gasteiger partial charge in [-0.25, -0.2) is 0 Å². The number of carbonyl (C=O) groups is 1. The zero-order valence-corrected chi connectivity index (χ0v) is 11.1. The molecule has 0 aromatic carbocycles. The van der Waals surface area contributed by atoms with Gasteiger partial charge in [-0.1, -0.05) is 19.3 Å². The average molecular weight is 279 g/mol. The Morgan fingerprint density at radius 3 is 2.90 bits per heavy atom. The number of pyridine rings is 1. The molecule has 0 radical (unpaired) electrons. The van der Waals surface area contributed by atoms with E-state index in [1.807, 2.05) is 0 Å². The van der Waals surface area contributed by atoms with Crippen LogP contribution < -0.4 is 10.1 Å². The number of nitrogens with one attached hydrogen (secondary N) is 1. The molecule has 7 nitrogen and oxygen atoms in total. The van der Waals surface area contributed by atoms with Gasteiger partial charge in [0.2, 0.25) is 5.75 Å². The largest absolute Gasteiger partial charge is 0.476 e. The molecule has 1 N–H and O–H groups in total. The number of nitro groups is 1. The van der Waals surface area contributed by atoms with Crippen molar-refractivity contribution >= 4 is 11.7 Å². The van der Waals surface area contributed by atoms with Gasteiger partial charge in [-0.2, -0.15) is 0 Å². The van der Waals surface area contributed by atoms with Crippen LogP contribution in [0.3, 0.4) is 0 Å². The summed E-state index contributed by atoms with van der Waals surface area (Å²) in [5.41, 5.74) is 0. The van der Waals surface area contributed by atoms with Crippen molar-refractivity contribution in [3.8, 4) is 5.75 Å². The first-order chi connectivity index (χ1) is 9.66. The minimum absolute atomic E-state index is 0.0105. The molecule has 1 heterocycles. The maximum atomic E-state index is 11.7. The summed E-state index contributed by atoms with van der Waals surface area (Å²) in [4.78, 5) is 25.5. The second kappa shape index (κ2) is 6.83. The quantitative estimate of drug-likeness (QED) is 0.655. The fourth-order valence-corrected chi connectivity index (χ4v) is 2.29.